The van der Waals surface area contributed by atoms with Crippen LogP contribution >= 0.6 is 0 Å². The van der Waals surface area contributed by atoms with Gasteiger partial charge in [0.2, 0.25) is 0 Å². The predicted molar refractivity (Wildman–Crippen MR) is 56.8 cm³/mol. The number of rotatable bonds is 3. The molecule has 1 unspecified atom stereocenters. The van der Waals surface area contributed by atoms with E-state index in [2.05, 4.69) is 33.8 Å². The molecule has 0 radical (unpaired) electrons. The first-order valence-electron chi connectivity index (χ1n) is 5.36. The van der Waals surface area contributed by atoms with Crippen LogP contribution in [0.5, 0.6) is 0 Å². The largest absolute Gasteiger partial charge is 0.376 e. The van der Waals surface area contributed by atoms with E-state index in [4.69, 9.17) is 4.74 Å². The van der Waals surface area contributed by atoms with Crippen LogP contribution in [0, 0.1) is 5.92 Å². The predicted octanol–water partition coefficient (Wildman–Crippen LogP) is 3.55. The molecular weight excluding hydrogens is 160 g/mol. The molecule has 1 aliphatic rings. The van der Waals surface area contributed by atoms with Gasteiger partial charge in [0.05, 0.1) is 5.60 Å². The molecule has 1 nitrogen and oxygen atoms in total. The Morgan fingerprint density at radius 3 is 2.69 bits per heavy atom. The smallest absolute Gasteiger partial charge is 0.0657 e. The number of ether oxygens (including phenoxy) is 1. The van der Waals surface area contributed by atoms with Crippen LogP contribution < -0.4 is 0 Å². The molecule has 0 amide bonds. The summed E-state index contributed by atoms with van der Waals surface area (Å²) >= 11 is 0. The fourth-order valence-corrected chi connectivity index (χ4v) is 2.09. The van der Waals surface area contributed by atoms with Gasteiger partial charge < -0.3 is 4.74 Å². The fraction of sp³-hybridized carbons (Fsp3) is 0.833. The van der Waals surface area contributed by atoms with Gasteiger partial charge >= 0.3 is 0 Å². The molecule has 76 valence electrons. The third kappa shape index (κ3) is 2.84. The van der Waals surface area contributed by atoms with Crippen molar-refractivity contribution in [3.8, 4) is 0 Å². The Morgan fingerprint density at radius 1 is 1.54 bits per heavy atom. The van der Waals surface area contributed by atoms with Crippen molar-refractivity contribution in [2.45, 2.75) is 52.6 Å². The summed E-state index contributed by atoms with van der Waals surface area (Å²) in [6.07, 6.45) is 6.10. The van der Waals surface area contributed by atoms with Gasteiger partial charge in [0.25, 0.3) is 0 Å². The monoisotopic (exact) mass is 182 g/mol. The van der Waals surface area contributed by atoms with Crippen LogP contribution in [-0.4, -0.2) is 12.2 Å². The van der Waals surface area contributed by atoms with E-state index >= 15 is 0 Å². The molecule has 0 aromatic heterocycles. The Hall–Kier alpha value is -0.300. The van der Waals surface area contributed by atoms with Crippen LogP contribution in [0.15, 0.2) is 11.6 Å². The summed E-state index contributed by atoms with van der Waals surface area (Å²) in [7, 11) is 0. The van der Waals surface area contributed by atoms with Gasteiger partial charge in [-0.25, -0.2) is 0 Å². The second-order valence-electron chi connectivity index (χ2n) is 4.56. The molecule has 0 fully saturated rings. The molecule has 0 aliphatic heterocycles. The van der Waals surface area contributed by atoms with E-state index in [1.54, 1.807) is 5.57 Å². The molecule has 0 bridgehead atoms. The van der Waals surface area contributed by atoms with Gasteiger partial charge in [0.1, 0.15) is 0 Å². The van der Waals surface area contributed by atoms with Crippen molar-refractivity contribution in [3.63, 3.8) is 0 Å². The first-order chi connectivity index (χ1) is 6.06. The highest BCUT2D eigenvalue weighted by Gasteiger charge is 2.30. The molecule has 0 aromatic carbocycles. The standard InChI is InChI=1S/C12H22O/c1-5-13-12(3,4)11-8-6-10(2)7-9-11/h6,11H,5,7-9H2,1-4H3. The van der Waals surface area contributed by atoms with Crippen LogP contribution in [-0.2, 0) is 4.74 Å². The highest BCUT2D eigenvalue weighted by molar-refractivity contribution is 5.05. The molecule has 0 saturated heterocycles. The minimum Gasteiger partial charge on any atom is -0.376 e. The van der Waals surface area contributed by atoms with Gasteiger partial charge in [-0.05, 0) is 52.9 Å². The third-order valence-electron chi connectivity index (χ3n) is 3.14. The lowest BCUT2D eigenvalue weighted by atomic mass is 9.79. The molecule has 13 heavy (non-hydrogen) atoms. The summed E-state index contributed by atoms with van der Waals surface area (Å²) in [5.74, 6) is 0.705. The highest BCUT2D eigenvalue weighted by Crippen LogP contribution is 2.33. The summed E-state index contributed by atoms with van der Waals surface area (Å²) in [5.41, 5.74) is 1.61. The maximum Gasteiger partial charge on any atom is 0.0657 e. The lowest BCUT2D eigenvalue weighted by Crippen LogP contribution is -2.35. The highest BCUT2D eigenvalue weighted by atomic mass is 16.5. The number of hydrogen-bond acceptors (Lipinski definition) is 1. The lowest BCUT2D eigenvalue weighted by Gasteiger charge is -2.35. The summed E-state index contributed by atoms with van der Waals surface area (Å²) in [6, 6.07) is 0. The number of hydrogen-bond donors (Lipinski definition) is 0. The lowest BCUT2D eigenvalue weighted by molar-refractivity contribution is -0.0571. The molecule has 0 saturated carbocycles. The maximum atomic E-state index is 5.77. The first-order valence-corrected chi connectivity index (χ1v) is 5.36. The van der Waals surface area contributed by atoms with Gasteiger partial charge in [0.15, 0.2) is 0 Å². The maximum absolute atomic E-state index is 5.77. The van der Waals surface area contributed by atoms with Crippen molar-refractivity contribution >= 4 is 0 Å². The average molecular weight is 182 g/mol. The van der Waals surface area contributed by atoms with Crippen molar-refractivity contribution in [2.24, 2.45) is 5.92 Å². The van der Waals surface area contributed by atoms with Gasteiger partial charge in [-0.1, -0.05) is 11.6 Å². The molecule has 0 heterocycles. The zero-order chi connectivity index (χ0) is 9.90. The van der Waals surface area contributed by atoms with Gasteiger partial charge in [0, 0.05) is 6.61 Å². The summed E-state index contributed by atoms with van der Waals surface area (Å²) < 4.78 is 5.77. The second kappa shape index (κ2) is 4.28. The summed E-state index contributed by atoms with van der Waals surface area (Å²) in [6.45, 7) is 9.56. The zero-order valence-corrected chi connectivity index (χ0v) is 9.39. The normalized spacial score (nSPS) is 24.3. The van der Waals surface area contributed by atoms with Crippen LogP contribution in [0.1, 0.15) is 47.0 Å². The van der Waals surface area contributed by atoms with Crippen LogP contribution in [0.4, 0.5) is 0 Å². The Kier molecular flexibility index (Phi) is 3.55. The first kappa shape index (κ1) is 10.8. The van der Waals surface area contributed by atoms with Gasteiger partial charge in [-0.2, -0.15) is 0 Å². The average Bonchev–Trinajstić information content (AvgIpc) is 2.05. The Morgan fingerprint density at radius 2 is 2.23 bits per heavy atom. The quantitative estimate of drug-likeness (QED) is 0.606. The third-order valence-corrected chi connectivity index (χ3v) is 3.14. The van der Waals surface area contributed by atoms with Crippen LogP contribution in [0.3, 0.4) is 0 Å². The van der Waals surface area contributed by atoms with Crippen molar-refractivity contribution < 1.29 is 4.74 Å². The SMILES string of the molecule is CCOC(C)(C)C1CC=C(C)CC1. The van der Waals surface area contributed by atoms with Crippen LogP contribution in [0.2, 0.25) is 0 Å². The Bertz CT molecular complexity index is 191. The van der Waals surface area contributed by atoms with E-state index in [-0.39, 0.29) is 5.60 Å². The van der Waals surface area contributed by atoms with Gasteiger partial charge in [-0.3, -0.25) is 0 Å². The molecule has 0 N–H and O–H groups in total. The second-order valence-corrected chi connectivity index (χ2v) is 4.56. The minimum absolute atomic E-state index is 0.0615. The van der Waals surface area contributed by atoms with Crippen molar-refractivity contribution in [3.05, 3.63) is 11.6 Å². The molecule has 1 aliphatic carbocycles. The van der Waals surface area contributed by atoms with Crippen LogP contribution in [0.25, 0.3) is 0 Å². The van der Waals surface area contributed by atoms with E-state index in [0.717, 1.165) is 6.61 Å². The minimum atomic E-state index is 0.0615. The van der Waals surface area contributed by atoms with Gasteiger partial charge in [-0.15, -0.1) is 0 Å². The molecule has 1 heteroatoms. The Balaban J connectivity index is 2.53. The van der Waals surface area contributed by atoms with E-state index in [1.165, 1.54) is 19.3 Å². The topological polar surface area (TPSA) is 9.23 Å². The molecular formula is C12H22O. The van der Waals surface area contributed by atoms with Crippen molar-refractivity contribution in [2.75, 3.05) is 6.61 Å². The fourth-order valence-electron chi connectivity index (χ4n) is 2.09. The zero-order valence-electron chi connectivity index (χ0n) is 9.39. The molecule has 1 atom stereocenters. The van der Waals surface area contributed by atoms with Crippen molar-refractivity contribution in [1.29, 1.82) is 0 Å². The molecule has 0 aromatic rings. The van der Waals surface area contributed by atoms with E-state index in [1.807, 2.05) is 0 Å². The van der Waals surface area contributed by atoms with E-state index < -0.39 is 0 Å². The van der Waals surface area contributed by atoms with E-state index in [9.17, 15) is 0 Å². The molecule has 1 rings (SSSR count). The van der Waals surface area contributed by atoms with E-state index in [0.29, 0.717) is 5.92 Å². The Labute approximate surface area is 82.2 Å². The number of allylic oxidation sites excluding steroid dienone is 2. The molecule has 0 spiro atoms. The van der Waals surface area contributed by atoms with Crippen molar-refractivity contribution in [1.82, 2.24) is 0 Å². The summed E-state index contributed by atoms with van der Waals surface area (Å²) in [4.78, 5) is 0. The summed E-state index contributed by atoms with van der Waals surface area (Å²) in [5, 5.41) is 0.